The van der Waals surface area contributed by atoms with Crippen molar-refractivity contribution in [1.82, 2.24) is 14.7 Å². The van der Waals surface area contributed by atoms with Crippen LogP contribution in [0.3, 0.4) is 0 Å². The highest BCUT2D eigenvalue weighted by atomic mass is 32.2. The number of hydroxylamine groups is 1. The number of sulfonamides is 1. The van der Waals surface area contributed by atoms with Crippen LogP contribution in [0.2, 0.25) is 0 Å². The zero-order valence-electron chi connectivity index (χ0n) is 16.3. The first-order chi connectivity index (χ1) is 14.2. The second-order valence-corrected chi connectivity index (χ2v) is 9.53. The molecule has 2 heterocycles. The summed E-state index contributed by atoms with van der Waals surface area (Å²) in [5, 5.41) is 18.2. The molecule has 2 aliphatic heterocycles. The predicted octanol–water partition coefficient (Wildman–Crippen LogP) is 1.51. The molecule has 0 aromatic heterocycles. The molecule has 0 spiro atoms. The molecule has 9 nitrogen and oxygen atoms in total. The van der Waals surface area contributed by atoms with Gasteiger partial charge in [0.2, 0.25) is 10.0 Å². The van der Waals surface area contributed by atoms with Crippen molar-refractivity contribution in [3.05, 3.63) is 41.7 Å². The zero-order chi connectivity index (χ0) is 21.9. The third kappa shape index (κ3) is 4.47. The predicted molar refractivity (Wildman–Crippen MR) is 106 cm³/mol. The van der Waals surface area contributed by atoms with E-state index in [1.54, 1.807) is 24.3 Å². The van der Waals surface area contributed by atoms with Gasteiger partial charge in [0.25, 0.3) is 5.91 Å². The van der Waals surface area contributed by atoms with Crippen molar-refractivity contribution < 1.29 is 32.7 Å². The maximum Gasteiger partial charge on any atom is 0.407 e. The summed E-state index contributed by atoms with van der Waals surface area (Å²) < 4.78 is 41.3. The smallest absolute Gasteiger partial charge is 0.407 e. The number of nitrogens with one attached hydrogen (secondary N) is 1. The minimum atomic E-state index is -3.89. The number of halogens is 1. The molecule has 0 radical (unpaired) electrons. The molecule has 2 amide bonds. The highest BCUT2D eigenvalue weighted by molar-refractivity contribution is 7.89. The first-order valence-electron chi connectivity index (χ1n) is 9.53. The second kappa shape index (κ2) is 8.70. The summed E-state index contributed by atoms with van der Waals surface area (Å²) in [5.41, 5.74) is 1.27. The summed E-state index contributed by atoms with van der Waals surface area (Å²) in [6.45, 7) is 0.176. The molecule has 0 bridgehead atoms. The van der Waals surface area contributed by atoms with E-state index in [9.17, 15) is 22.4 Å². The Balaban J connectivity index is 1.75. The topological polar surface area (TPSA) is 127 Å². The molecule has 0 unspecified atom stereocenters. The Morgan fingerprint density at radius 2 is 1.83 bits per heavy atom. The van der Waals surface area contributed by atoms with Crippen molar-refractivity contribution in [3.8, 4) is 0 Å². The molecule has 0 atom stereocenters. The Bertz CT molecular complexity index is 957. The van der Waals surface area contributed by atoms with E-state index < -0.39 is 33.2 Å². The van der Waals surface area contributed by atoms with Crippen LogP contribution in [0.1, 0.15) is 24.8 Å². The van der Waals surface area contributed by atoms with Crippen LogP contribution in [0.4, 0.5) is 9.18 Å². The summed E-state index contributed by atoms with van der Waals surface area (Å²) in [6, 6.07) is 6.28. The van der Waals surface area contributed by atoms with Crippen LogP contribution in [0, 0.1) is 11.2 Å². The van der Waals surface area contributed by atoms with E-state index in [2.05, 4.69) is 0 Å². The van der Waals surface area contributed by atoms with Crippen molar-refractivity contribution in [3.63, 3.8) is 0 Å². The van der Waals surface area contributed by atoms with Gasteiger partial charge in [-0.15, -0.1) is 0 Å². The van der Waals surface area contributed by atoms with Crippen LogP contribution in [0.15, 0.2) is 30.3 Å². The zero-order valence-corrected chi connectivity index (χ0v) is 17.1. The third-order valence-corrected chi connectivity index (χ3v) is 7.85. The van der Waals surface area contributed by atoms with Gasteiger partial charge in [0, 0.05) is 31.7 Å². The number of piperidine rings is 1. The minimum Gasteiger partial charge on any atom is -0.465 e. The Hall–Kier alpha value is -2.50. The Labute approximate surface area is 173 Å². The fourth-order valence-electron chi connectivity index (χ4n) is 3.99. The Morgan fingerprint density at radius 1 is 1.17 bits per heavy atom. The Morgan fingerprint density at radius 3 is 2.37 bits per heavy atom. The van der Waals surface area contributed by atoms with Gasteiger partial charge in [-0.3, -0.25) is 10.0 Å². The van der Waals surface area contributed by atoms with Crippen molar-refractivity contribution in [2.45, 2.75) is 19.3 Å². The van der Waals surface area contributed by atoms with E-state index in [1.807, 2.05) is 0 Å². The van der Waals surface area contributed by atoms with Crippen LogP contribution in [0.25, 0.3) is 5.57 Å². The standard InChI is InChI=1S/C19H24FN3O6S/c20-16-4-2-1-3-15(16)14-5-9-23(10-6-14)30(28,29)13-19(17(24)21-27)7-11-22(12-8-19)18(25)26/h1-5,27H,6-13H2,(H,21,24)(H,25,26). The SMILES string of the molecule is O=C(O)N1CCC(CS(=O)(=O)N2CC=C(c3ccccc3F)CC2)(C(=O)NO)CC1. The monoisotopic (exact) mass is 441 g/mol. The van der Waals surface area contributed by atoms with Crippen LogP contribution in [-0.2, 0) is 14.8 Å². The van der Waals surface area contributed by atoms with Crippen LogP contribution < -0.4 is 5.48 Å². The highest BCUT2D eigenvalue weighted by Crippen LogP contribution is 2.35. The number of nitrogens with zero attached hydrogens (tertiary/aromatic N) is 2. The van der Waals surface area contributed by atoms with Gasteiger partial charge in [0.15, 0.2) is 0 Å². The molecule has 3 N–H and O–H groups in total. The number of carboxylic acid groups (broad SMARTS) is 1. The molecule has 0 aliphatic carbocycles. The average Bonchev–Trinajstić information content (AvgIpc) is 2.73. The minimum absolute atomic E-state index is 0.00436. The molecular formula is C19H24FN3O6S. The van der Waals surface area contributed by atoms with Gasteiger partial charge in [-0.2, -0.15) is 4.31 Å². The molecule has 1 saturated heterocycles. The average molecular weight is 441 g/mol. The number of likely N-dealkylation sites (tertiary alicyclic amines) is 1. The van der Waals surface area contributed by atoms with Crippen molar-refractivity contribution in [2.24, 2.45) is 5.41 Å². The summed E-state index contributed by atoms with van der Waals surface area (Å²) in [7, 11) is -3.89. The van der Waals surface area contributed by atoms with Gasteiger partial charge in [-0.05, 0) is 30.9 Å². The summed E-state index contributed by atoms with van der Waals surface area (Å²) in [4.78, 5) is 24.6. The number of rotatable bonds is 5. The number of hydrogen-bond acceptors (Lipinski definition) is 5. The van der Waals surface area contributed by atoms with Crippen molar-refractivity contribution >= 4 is 27.6 Å². The lowest BCUT2D eigenvalue weighted by molar-refractivity contribution is -0.141. The first-order valence-corrected chi connectivity index (χ1v) is 11.1. The molecule has 2 aliphatic rings. The summed E-state index contributed by atoms with van der Waals surface area (Å²) >= 11 is 0. The fraction of sp³-hybridized carbons (Fsp3) is 0.474. The number of benzene rings is 1. The maximum absolute atomic E-state index is 14.0. The third-order valence-electron chi connectivity index (χ3n) is 5.82. The Kier molecular flexibility index (Phi) is 6.44. The summed E-state index contributed by atoms with van der Waals surface area (Å²) in [5.74, 6) is -1.75. The molecule has 164 valence electrons. The second-order valence-electron chi connectivity index (χ2n) is 7.56. The number of amides is 2. The molecule has 11 heteroatoms. The van der Waals surface area contributed by atoms with Gasteiger partial charge >= 0.3 is 6.09 Å². The maximum atomic E-state index is 14.0. The normalized spacial score (nSPS) is 19.8. The lowest BCUT2D eigenvalue weighted by Crippen LogP contribution is -2.54. The molecule has 30 heavy (non-hydrogen) atoms. The quantitative estimate of drug-likeness (QED) is 0.470. The number of carbonyl (C=O) groups is 2. The molecule has 1 aromatic rings. The van der Waals surface area contributed by atoms with Gasteiger partial charge in [-0.25, -0.2) is 23.1 Å². The van der Waals surface area contributed by atoms with Crippen LogP contribution >= 0.6 is 0 Å². The van der Waals surface area contributed by atoms with E-state index in [0.717, 1.165) is 10.5 Å². The molecule has 3 rings (SSSR count). The molecule has 1 fully saturated rings. The van der Waals surface area contributed by atoms with Gasteiger partial charge < -0.3 is 10.0 Å². The fourth-order valence-corrected chi connectivity index (χ4v) is 5.96. The van der Waals surface area contributed by atoms with Crippen molar-refractivity contribution in [2.75, 3.05) is 31.9 Å². The van der Waals surface area contributed by atoms with E-state index in [-0.39, 0.29) is 44.8 Å². The van der Waals surface area contributed by atoms with Gasteiger partial charge in [-0.1, -0.05) is 24.3 Å². The van der Waals surface area contributed by atoms with Crippen molar-refractivity contribution in [1.29, 1.82) is 0 Å². The summed E-state index contributed by atoms with van der Waals surface area (Å²) in [6.07, 6.45) is 0.805. The van der Waals surface area contributed by atoms with E-state index >= 15 is 0 Å². The van der Waals surface area contributed by atoms with E-state index in [4.69, 9.17) is 10.3 Å². The van der Waals surface area contributed by atoms with Gasteiger partial charge in [0.1, 0.15) is 5.82 Å². The lowest BCUT2D eigenvalue weighted by atomic mass is 9.79. The number of hydrogen-bond donors (Lipinski definition) is 3. The molecular weight excluding hydrogens is 417 g/mol. The van der Waals surface area contributed by atoms with Gasteiger partial charge in [0.05, 0.1) is 11.2 Å². The van der Waals surface area contributed by atoms with Crippen LogP contribution in [-0.4, -0.2) is 71.9 Å². The molecule has 1 aromatic carbocycles. The number of carbonyl (C=O) groups excluding carboxylic acids is 1. The lowest BCUT2D eigenvalue weighted by Gasteiger charge is -2.40. The van der Waals surface area contributed by atoms with E-state index in [1.165, 1.54) is 15.9 Å². The van der Waals surface area contributed by atoms with E-state index in [0.29, 0.717) is 12.0 Å². The largest absolute Gasteiger partial charge is 0.465 e. The molecule has 0 saturated carbocycles. The first kappa shape index (κ1) is 22.2. The highest BCUT2D eigenvalue weighted by Gasteiger charge is 2.47. The van der Waals surface area contributed by atoms with Crippen LogP contribution in [0.5, 0.6) is 0 Å².